The van der Waals surface area contributed by atoms with Crippen molar-refractivity contribution < 1.29 is 4.74 Å². The van der Waals surface area contributed by atoms with Crippen LogP contribution in [-0.2, 0) is 0 Å². The van der Waals surface area contributed by atoms with Gasteiger partial charge in [0, 0.05) is 17.9 Å². The third-order valence-electron chi connectivity index (χ3n) is 2.75. The Labute approximate surface area is 111 Å². The molecule has 1 atom stereocenters. The quantitative estimate of drug-likeness (QED) is 0.899. The summed E-state index contributed by atoms with van der Waals surface area (Å²) in [7, 11) is 1.61. The second-order valence-corrected chi connectivity index (χ2v) is 5.36. The summed E-state index contributed by atoms with van der Waals surface area (Å²) >= 11 is 1.88. The van der Waals surface area contributed by atoms with E-state index in [-0.39, 0.29) is 6.04 Å². The maximum Gasteiger partial charge on any atom is 0.215 e. The van der Waals surface area contributed by atoms with Gasteiger partial charge in [-0.3, -0.25) is 4.57 Å². The zero-order chi connectivity index (χ0) is 13.1. The highest BCUT2D eigenvalue weighted by molar-refractivity contribution is 7.99. The minimum Gasteiger partial charge on any atom is -0.481 e. The summed E-state index contributed by atoms with van der Waals surface area (Å²) < 4.78 is 7.12. The first kappa shape index (κ1) is 13.0. The number of pyridine rings is 1. The Morgan fingerprint density at radius 3 is 2.89 bits per heavy atom. The van der Waals surface area contributed by atoms with Crippen molar-refractivity contribution in [2.24, 2.45) is 0 Å². The van der Waals surface area contributed by atoms with Gasteiger partial charge in [0.15, 0.2) is 5.65 Å². The summed E-state index contributed by atoms with van der Waals surface area (Å²) in [5, 5.41) is 0. The molecule has 5 nitrogen and oxygen atoms in total. The van der Waals surface area contributed by atoms with Crippen LogP contribution in [0.2, 0.25) is 0 Å². The number of methoxy groups -OCH3 is 1. The van der Waals surface area contributed by atoms with E-state index in [9.17, 15) is 0 Å². The zero-order valence-electron chi connectivity index (χ0n) is 10.9. The second-order valence-electron chi connectivity index (χ2n) is 4.04. The standard InChI is InChI=1S/C12H18N4OS/c1-4-18-7-8(2)16-11-9(14-12(16)13)5-6-10(15-11)17-3/h5-6,8H,4,7H2,1-3H3,(H2,13,14). The van der Waals surface area contributed by atoms with Gasteiger partial charge >= 0.3 is 0 Å². The number of nitrogens with zero attached hydrogens (tertiary/aromatic N) is 3. The molecule has 1 unspecified atom stereocenters. The third kappa shape index (κ3) is 2.38. The number of thioether (sulfide) groups is 1. The van der Waals surface area contributed by atoms with Crippen LogP contribution in [0.4, 0.5) is 5.95 Å². The van der Waals surface area contributed by atoms with Crippen molar-refractivity contribution in [3.8, 4) is 5.88 Å². The van der Waals surface area contributed by atoms with E-state index >= 15 is 0 Å². The van der Waals surface area contributed by atoms with Crippen LogP contribution in [0.25, 0.3) is 11.2 Å². The first-order valence-electron chi connectivity index (χ1n) is 5.93. The number of rotatable bonds is 5. The lowest BCUT2D eigenvalue weighted by atomic mass is 10.3. The Balaban J connectivity index is 2.44. The Kier molecular flexibility index (Phi) is 3.96. The van der Waals surface area contributed by atoms with Gasteiger partial charge in [0.05, 0.1) is 7.11 Å². The van der Waals surface area contributed by atoms with E-state index in [0.717, 1.165) is 22.7 Å². The summed E-state index contributed by atoms with van der Waals surface area (Å²) in [6.07, 6.45) is 0. The molecule has 0 radical (unpaired) electrons. The van der Waals surface area contributed by atoms with Crippen LogP contribution >= 0.6 is 11.8 Å². The molecule has 2 heterocycles. The van der Waals surface area contributed by atoms with Crippen LogP contribution in [0, 0.1) is 0 Å². The summed E-state index contributed by atoms with van der Waals surface area (Å²) in [6.45, 7) is 4.27. The monoisotopic (exact) mass is 266 g/mol. The highest BCUT2D eigenvalue weighted by Crippen LogP contribution is 2.25. The Morgan fingerprint density at radius 1 is 1.44 bits per heavy atom. The summed E-state index contributed by atoms with van der Waals surface area (Å²) in [5.74, 6) is 3.17. The number of nitrogen functional groups attached to an aromatic ring is 1. The molecule has 98 valence electrons. The zero-order valence-corrected chi connectivity index (χ0v) is 11.7. The molecule has 0 bridgehead atoms. The van der Waals surface area contributed by atoms with E-state index in [4.69, 9.17) is 10.5 Å². The molecule has 0 fully saturated rings. The fourth-order valence-electron chi connectivity index (χ4n) is 1.89. The van der Waals surface area contributed by atoms with E-state index in [1.165, 1.54) is 0 Å². The van der Waals surface area contributed by atoms with Gasteiger partial charge in [-0.25, -0.2) is 4.98 Å². The molecule has 0 aliphatic rings. The van der Waals surface area contributed by atoms with Gasteiger partial charge in [-0.2, -0.15) is 16.7 Å². The van der Waals surface area contributed by atoms with Crippen molar-refractivity contribution in [1.29, 1.82) is 0 Å². The molecule has 0 aliphatic carbocycles. The van der Waals surface area contributed by atoms with Gasteiger partial charge in [-0.15, -0.1) is 0 Å². The number of hydrogen-bond acceptors (Lipinski definition) is 5. The van der Waals surface area contributed by atoms with Crippen molar-refractivity contribution in [2.45, 2.75) is 19.9 Å². The molecular formula is C12H18N4OS. The van der Waals surface area contributed by atoms with Crippen molar-refractivity contribution in [3.05, 3.63) is 12.1 Å². The number of fused-ring (bicyclic) bond motifs is 1. The Bertz CT molecular complexity index is 540. The minimum absolute atomic E-state index is 0.263. The predicted octanol–water partition coefficient (Wildman–Crippen LogP) is 2.34. The molecule has 0 amide bonds. The van der Waals surface area contributed by atoms with Crippen LogP contribution in [0.3, 0.4) is 0 Å². The van der Waals surface area contributed by atoms with Gasteiger partial charge in [-0.05, 0) is 18.7 Å². The molecule has 2 N–H and O–H groups in total. The fourth-order valence-corrected chi connectivity index (χ4v) is 2.61. The second kappa shape index (κ2) is 5.48. The molecule has 18 heavy (non-hydrogen) atoms. The average Bonchev–Trinajstić information content (AvgIpc) is 2.70. The third-order valence-corrected chi connectivity index (χ3v) is 3.88. The van der Waals surface area contributed by atoms with E-state index in [0.29, 0.717) is 11.8 Å². The van der Waals surface area contributed by atoms with Gasteiger partial charge in [0.2, 0.25) is 11.8 Å². The molecule has 2 aromatic heterocycles. The number of imidazole rings is 1. The minimum atomic E-state index is 0.263. The average molecular weight is 266 g/mol. The van der Waals surface area contributed by atoms with Gasteiger partial charge in [0.1, 0.15) is 5.52 Å². The molecule has 6 heteroatoms. The molecular weight excluding hydrogens is 248 g/mol. The molecule has 0 aliphatic heterocycles. The molecule has 0 saturated carbocycles. The lowest BCUT2D eigenvalue weighted by Gasteiger charge is -2.14. The molecule has 0 aromatic carbocycles. The predicted molar refractivity (Wildman–Crippen MR) is 76.2 cm³/mol. The van der Waals surface area contributed by atoms with Crippen LogP contribution in [-0.4, -0.2) is 33.2 Å². The van der Waals surface area contributed by atoms with Crippen LogP contribution in [0.15, 0.2) is 12.1 Å². The van der Waals surface area contributed by atoms with Crippen LogP contribution in [0.5, 0.6) is 5.88 Å². The van der Waals surface area contributed by atoms with Gasteiger partial charge < -0.3 is 10.5 Å². The number of anilines is 1. The fraction of sp³-hybridized carbons (Fsp3) is 0.500. The molecule has 0 spiro atoms. The normalized spacial score (nSPS) is 12.8. The van der Waals surface area contributed by atoms with Crippen molar-refractivity contribution in [2.75, 3.05) is 24.3 Å². The number of aromatic nitrogens is 3. The molecule has 0 saturated heterocycles. The highest BCUT2D eigenvalue weighted by atomic mass is 32.2. The van der Waals surface area contributed by atoms with Gasteiger partial charge in [-0.1, -0.05) is 6.92 Å². The topological polar surface area (TPSA) is 66.0 Å². The smallest absolute Gasteiger partial charge is 0.215 e. The first-order chi connectivity index (χ1) is 8.67. The van der Waals surface area contributed by atoms with E-state index in [2.05, 4.69) is 23.8 Å². The van der Waals surface area contributed by atoms with Crippen molar-refractivity contribution in [3.63, 3.8) is 0 Å². The van der Waals surface area contributed by atoms with Crippen molar-refractivity contribution >= 4 is 28.9 Å². The Hall–Kier alpha value is -1.43. The van der Waals surface area contributed by atoms with E-state index in [1.54, 1.807) is 13.2 Å². The van der Waals surface area contributed by atoms with Crippen LogP contribution < -0.4 is 10.5 Å². The summed E-state index contributed by atoms with van der Waals surface area (Å²) in [4.78, 5) is 8.76. The van der Waals surface area contributed by atoms with E-state index in [1.807, 2.05) is 22.4 Å². The SMILES string of the molecule is CCSCC(C)n1c(N)nc2ccc(OC)nc21. The number of nitrogens with two attached hydrogens (primary N) is 1. The maximum atomic E-state index is 5.98. The molecule has 2 aromatic rings. The lowest BCUT2D eigenvalue weighted by Crippen LogP contribution is -2.11. The largest absolute Gasteiger partial charge is 0.481 e. The highest BCUT2D eigenvalue weighted by Gasteiger charge is 2.15. The first-order valence-corrected chi connectivity index (χ1v) is 7.09. The summed E-state index contributed by atoms with van der Waals surface area (Å²) in [5.41, 5.74) is 7.57. The number of ether oxygens (including phenoxy) is 1. The van der Waals surface area contributed by atoms with Crippen LogP contribution in [0.1, 0.15) is 19.9 Å². The maximum absolute atomic E-state index is 5.98. The van der Waals surface area contributed by atoms with Gasteiger partial charge in [0.25, 0.3) is 0 Å². The lowest BCUT2D eigenvalue weighted by molar-refractivity contribution is 0.398. The Morgan fingerprint density at radius 2 is 2.22 bits per heavy atom. The summed E-state index contributed by atoms with van der Waals surface area (Å²) in [6, 6.07) is 3.94. The van der Waals surface area contributed by atoms with E-state index < -0.39 is 0 Å². The molecule has 2 rings (SSSR count). The number of hydrogen-bond donors (Lipinski definition) is 1. The van der Waals surface area contributed by atoms with Crippen molar-refractivity contribution in [1.82, 2.24) is 14.5 Å².